The molecule has 0 spiro atoms. The molecule has 1 aromatic carbocycles. The molecule has 1 aliphatic carbocycles. The molecule has 4 rings (SSSR count). The van der Waals surface area contributed by atoms with Crippen LogP contribution in [0.3, 0.4) is 0 Å². The van der Waals surface area contributed by atoms with E-state index in [1.165, 1.54) is 5.56 Å². The largest absolute Gasteiger partial charge is 0.369 e. The fourth-order valence-electron chi connectivity index (χ4n) is 2.84. The first-order valence-corrected chi connectivity index (χ1v) is 6.47. The van der Waals surface area contributed by atoms with Crippen LogP contribution in [0, 0.1) is 0 Å². The summed E-state index contributed by atoms with van der Waals surface area (Å²) in [5.74, 6) is 1.14. The summed E-state index contributed by atoms with van der Waals surface area (Å²) < 4.78 is 2.15. The number of nitrogens with two attached hydrogens (primary N) is 1. The van der Waals surface area contributed by atoms with Gasteiger partial charge in [0, 0.05) is 18.2 Å². The van der Waals surface area contributed by atoms with E-state index in [4.69, 9.17) is 5.73 Å². The van der Waals surface area contributed by atoms with Crippen LogP contribution in [0.25, 0.3) is 11.0 Å². The molecule has 1 fully saturated rings. The standard InChI is InChI=1S/C15H14N4/c16-15-18-12-9-17-7-6-13(12)19(15)14-8-11(14)10-4-2-1-3-5-10/h1-7,9,11,14H,8H2,(H2,16,18). The molecule has 0 bridgehead atoms. The molecule has 4 heteroatoms. The number of benzene rings is 1. The van der Waals surface area contributed by atoms with Crippen LogP contribution in [-0.4, -0.2) is 14.5 Å². The number of rotatable bonds is 2. The van der Waals surface area contributed by atoms with Crippen molar-refractivity contribution < 1.29 is 0 Å². The third kappa shape index (κ3) is 1.60. The summed E-state index contributed by atoms with van der Waals surface area (Å²) in [6.07, 6.45) is 4.68. The van der Waals surface area contributed by atoms with E-state index < -0.39 is 0 Å². The molecule has 4 nitrogen and oxygen atoms in total. The molecule has 0 amide bonds. The predicted molar refractivity (Wildman–Crippen MR) is 74.8 cm³/mol. The lowest BCUT2D eigenvalue weighted by Gasteiger charge is -2.06. The smallest absolute Gasteiger partial charge is 0.201 e. The molecule has 2 N–H and O–H groups in total. The number of nitrogen functional groups attached to an aromatic ring is 1. The average Bonchev–Trinajstić information content (AvgIpc) is 3.15. The van der Waals surface area contributed by atoms with Crippen LogP contribution in [0.4, 0.5) is 5.95 Å². The van der Waals surface area contributed by atoms with Gasteiger partial charge in [-0.2, -0.15) is 0 Å². The summed E-state index contributed by atoms with van der Waals surface area (Å²) in [5.41, 5.74) is 9.39. The van der Waals surface area contributed by atoms with E-state index in [9.17, 15) is 0 Å². The minimum Gasteiger partial charge on any atom is -0.369 e. The maximum atomic E-state index is 6.06. The Morgan fingerprint density at radius 3 is 2.84 bits per heavy atom. The van der Waals surface area contributed by atoms with Gasteiger partial charge in [-0.3, -0.25) is 4.98 Å². The van der Waals surface area contributed by atoms with Crippen molar-refractivity contribution in [3.05, 3.63) is 54.4 Å². The number of aromatic nitrogens is 3. The molecule has 1 saturated carbocycles. The Morgan fingerprint density at radius 1 is 1.16 bits per heavy atom. The number of nitrogens with zero attached hydrogens (tertiary/aromatic N) is 3. The summed E-state index contributed by atoms with van der Waals surface area (Å²) >= 11 is 0. The molecule has 3 aromatic rings. The van der Waals surface area contributed by atoms with Gasteiger partial charge in [-0.1, -0.05) is 30.3 Å². The van der Waals surface area contributed by atoms with Gasteiger partial charge in [-0.05, 0) is 18.1 Å². The van der Waals surface area contributed by atoms with Crippen LogP contribution in [0.2, 0.25) is 0 Å². The van der Waals surface area contributed by atoms with Gasteiger partial charge in [0.1, 0.15) is 5.52 Å². The van der Waals surface area contributed by atoms with Crippen molar-refractivity contribution in [2.24, 2.45) is 0 Å². The normalized spacial score (nSPS) is 21.7. The number of hydrogen-bond donors (Lipinski definition) is 1. The van der Waals surface area contributed by atoms with Gasteiger partial charge in [0.25, 0.3) is 0 Å². The Labute approximate surface area is 110 Å². The highest BCUT2D eigenvalue weighted by Crippen LogP contribution is 2.53. The van der Waals surface area contributed by atoms with Crippen molar-refractivity contribution >= 4 is 17.0 Å². The summed E-state index contributed by atoms with van der Waals surface area (Å²) in [4.78, 5) is 8.47. The van der Waals surface area contributed by atoms with Crippen LogP contribution < -0.4 is 5.73 Å². The fraction of sp³-hybridized carbons (Fsp3) is 0.200. The molecule has 2 atom stereocenters. The number of hydrogen-bond acceptors (Lipinski definition) is 3. The lowest BCUT2D eigenvalue weighted by atomic mass is 10.1. The van der Waals surface area contributed by atoms with Gasteiger partial charge in [-0.25, -0.2) is 4.98 Å². The summed E-state index contributed by atoms with van der Waals surface area (Å²) in [7, 11) is 0. The van der Waals surface area contributed by atoms with Gasteiger partial charge in [-0.15, -0.1) is 0 Å². The zero-order valence-electron chi connectivity index (χ0n) is 10.4. The second-order valence-corrected chi connectivity index (χ2v) is 5.02. The molecular weight excluding hydrogens is 236 g/mol. The van der Waals surface area contributed by atoms with Gasteiger partial charge < -0.3 is 10.3 Å². The van der Waals surface area contributed by atoms with Gasteiger partial charge >= 0.3 is 0 Å². The SMILES string of the molecule is Nc1nc2cnccc2n1C1CC1c1ccccc1. The highest BCUT2D eigenvalue weighted by Gasteiger charge is 2.41. The minimum atomic E-state index is 0.426. The van der Waals surface area contributed by atoms with Crippen molar-refractivity contribution in [1.82, 2.24) is 14.5 Å². The quantitative estimate of drug-likeness (QED) is 0.760. The van der Waals surface area contributed by atoms with Crippen LogP contribution in [0.1, 0.15) is 23.9 Å². The van der Waals surface area contributed by atoms with E-state index in [0.717, 1.165) is 17.5 Å². The maximum absolute atomic E-state index is 6.06. The Hall–Kier alpha value is -2.36. The molecule has 0 saturated heterocycles. The number of imidazole rings is 1. The third-order valence-electron chi connectivity index (χ3n) is 3.84. The summed E-state index contributed by atoms with van der Waals surface area (Å²) in [5, 5.41) is 0. The molecule has 0 radical (unpaired) electrons. The first kappa shape index (κ1) is 10.6. The summed E-state index contributed by atoms with van der Waals surface area (Å²) in [6, 6.07) is 13.0. The predicted octanol–water partition coefficient (Wildman–Crippen LogP) is 2.74. The Morgan fingerprint density at radius 2 is 2.00 bits per heavy atom. The van der Waals surface area contributed by atoms with Crippen LogP contribution in [-0.2, 0) is 0 Å². The van der Waals surface area contributed by atoms with E-state index in [1.807, 2.05) is 12.1 Å². The van der Waals surface area contributed by atoms with Gasteiger partial charge in [0.15, 0.2) is 0 Å². The van der Waals surface area contributed by atoms with Crippen molar-refractivity contribution in [3.63, 3.8) is 0 Å². The van der Waals surface area contributed by atoms with Crippen molar-refractivity contribution in [3.8, 4) is 0 Å². The molecular formula is C15H14N4. The van der Waals surface area contributed by atoms with Crippen LogP contribution in [0.5, 0.6) is 0 Å². The van der Waals surface area contributed by atoms with Gasteiger partial charge in [0.2, 0.25) is 5.95 Å². The molecule has 19 heavy (non-hydrogen) atoms. The van der Waals surface area contributed by atoms with Crippen LogP contribution in [0.15, 0.2) is 48.8 Å². The molecule has 2 unspecified atom stereocenters. The third-order valence-corrected chi connectivity index (χ3v) is 3.84. The van der Waals surface area contributed by atoms with Gasteiger partial charge in [0.05, 0.1) is 11.7 Å². The monoisotopic (exact) mass is 250 g/mol. The number of anilines is 1. The van der Waals surface area contributed by atoms with Crippen molar-refractivity contribution in [1.29, 1.82) is 0 Å². The molecule has 2 aromatic heterocycles. The highest BCUT2D eigenvalue weighted by molar-refractivity contribution is 5.77. The van der Waals surface area contributed by atoms with Crippen LogP contribution >= 0.6 is 0 Å². The number of pyridine rings is 1. The average molecular weight is 250 g/mol. The zero-order chi connectivity index (χ0) is 12.8. The first-order valence-electron chi connectivity index (χ1n) is 6.47. The number of fused-ring (bicyclic) bond motifs is 1. The first-order chi connectivity index (χ1) is 9.34. The highest BCUT2D eigenvalue weighted by atomic mass is 15.2. The van der Waals surface area contributed by atoms with E-state index in [1.54, 1.807) is 12.4 Å². The van der Waals surface area contributed by atoms with Crippen molar-refractivity contribution in [2.45, 2.75) is 18.4 Å². The Kier molecular flexibility index (Phi) is 2.12. The molecule has 94 valence electrons. The summed E-state index contributed by atoms with van der Waals surface area (Å²) in [6.45, 7) is 0. The minimum absolute atomic E-state index is 0.426. The second-order valence-electron chi connectivity index (χ2n) is 5.02. The lowest BCUT2D eigenvalue weighted by molar-refractivity contribution is 0.751. The Balaban J connectivity index is 1.76. The topological polar surface area (TPSA) is 56.7 Å². The van der Waals surface area contributed by atoms with E-state index in [-0.39, 0.29) is 0 Å². The molecule has 0 aliphatic heterocycles. The zero-order valence-corrected chi connectivity index (χ0v) is 10.4. The van der Waals surface area contributed by atoms with E-state index in [0.29, 0.717) is 17.9 Å². The molecule has 1 aliphatic rings. The van der Waals surface area contributed by atoms with Crippen molar-refractivity contribution in [2.75, 3.05) is 5.73 Å². The Bertz CT molecular complexity index is 732. The molecule has 2 heterocycles. The maximum Gasteiger partial charge on any atom is 0.201 e. The van der Waals surface area contributed by atoms with E-state index >= 15 is 0 Å². The lowest BCUT2D eigenvalue weighted by Crippen LogP contribution is -2.02. The fourth-order valence-corrected chi connectivity index (χ4v) is 2.84. The second kappa shape index (κ2) is 3.82. The van der Waals surface area contributed by atoms with E-state index in [2.05, 4.69) is 38.8 Å².